The first-order valence-electron chi connectivity index (χ1n) is 6.85. The highest BCUT2D eigenvalue weighted by atomic mass is 16.5. The number of nitriles is 1. The van der Waals surface area contributed by atoms with Crippen LogP contribution in [0.5, 0.6) is 5.75 Å². The van der Waals surface area contributed by atoms with Gasteiger partial charge in [0.2, 0.25) is 0 Å². The molecule has 0 unspecified atom stereocenters. The van der Waals surface area contributed by atoms with Crippen molar-refractivity contribution in [3.63, 3.8) is 0 Å². The number of carbonyl (C=O) groups excluding carboxylic acids is 1. The lowest BCUT2D eigenvalue weighted by Crippen LogP contribution is -2.31. The summed E-state index contributed by atoms with van der Waals surface area (Å²) in [7, 11) is 1.64. The smallest absolute Gasteiger partial charge is 0.263 e. The first-order chi connectivity index (χ1) is 10.1. The van der Waals surface area contributed by atoms with Gasteiger partial charge in [-0.25, -0.2) is 0 Å². The summed E-state index contributed by atoms with van der Waals surface area (Å²) in [5, 5.41) is 14.6. The summed E-state index contributed by atoms with van der Waals surface area (Å²) in [5.41, 5.74) is 1.15. The number of amides is 1. The molecule has 0 spiro atoms. The molecule has 112 valence electrons. The summed E-state index contributed by atoms with van der Waals surface area (Å²) >= 11 is 0. The zero-order chi connectivity index (χ0) is 15.7. The van der Waals surface area contributed by atoms with Gasteiger partial charge in [0.15, 0.2) is 0 Å². The lowest BCUT2D eigenvalue weighted by Gasteiger charge is -2.09. The Morgan fingerprint density at radius 3 is 2.76 bits per heavy atom. The molecule has 0 heterocycles. The van der Waals surface area contributed by atoms with Crippen LogP contribution in [-0.2, 0) is 11.2 Å². The molecule has 1 aromatic rings. The van der Waals surface area contributed by atoms with Crippen molar-refractivity contribution in [2.24, 2.45) is 0 Å². The van der Waals surface area contributed by atoms with Gasteiger partial charge in [0.05, 0.1) is 7.11 Å². The largest absolute Gasteiger partial charge is 0.496 e. The SMILES string of the molecule is COc1ccccc1CCN/C=C(/C#N)C(=O)NC(C)C. The van der Waals surface area contributed by atoms with Gasteiger partial charge in [0.1, 0.15) is 17.4 Å². The van der Waals surface area contributed by atoms with Crippen LogP contribution in [0, 0.1) is 11.3 Å². The van der Waals surface area contributed by atoms with E-state index < -0.39 is 0 Å². The number of methoxy groups -OCH3 is 1. The van der Waals surface area contributed by atoms with Crippen molar-refractivity contribution in [1.29, 1.82) is 5.26 Å². The Bertz CT molecular complexity index is 545. The summed E-state index contributed by atoms with van der Waals surface area (Å²) in [6.07, 6.45) is 2.19. The van der Waals surface area contributed by atoms with E-state index in [2.05, 4.69) is 10.6 Å². The molecule has 5 nitrogen and oxygen atoms in total. The average Bonchev–Trinajstić information content (AvgIpc) is 2.46. The average molecular weight is 287 g/mol. The van der Waals surface area contributed by atoms with E-state index in [-0.39, 0.29) is 17.5 Å². The van der Waals surface area contributed by atoms with E-state index in [0.29, 0.717) is 6.54 Å². The molecule has 1 aromatic carbocycles. The number of rotatable bonds is 7. The number of carbonyl (C=O) groups is 1. The Balaban J connectivity index is 2.53. The molecule has 0 atom stereocenters. The summed E-state index contributed by atoms with van der Waals surface area (Å²) in [6, 6.07) is 9.65. The third-order valence-corrected chi connectivity index (χ3v) is 2.76. The quantitative estimate of drug-likeness (QED) is 0.455. The van der Waals surface area contributed by atoms with E-state index in [9.17, 15) is 4.79 Å². The van der Waals surface area contributed by atoms with Crippen LogP contribution in [-0.4, -0.2) is 25.6 Å². The zero-order valence-corrected chi connectivity index (χ0v) is 12.6. The standard InChI is InChI=1S/C16H21N3O2/c1-12(2)19-16(20)14(10-17)11-18-9-8-13-6-4-5-7-15(13)21-3/h4-7,11-12,18H,8-9H2,1-3H3,(H,19,20)/b14-11-. The van der Waals surface area contributed by atoms with E-state index in [1.165, 1.54) is 6.20 Å². The zero-order valence-electron chi connectivity index (χ0n) is 12.6. The maximum absolute atomic E-state index is 11.7. The number of benzene rings is 1. The molecule has 0 saturated carbocycles. The summed E-state index contributed by atoms with van der Waals surface area (Å²) in [6.45, 7) is 4.31. The Morgan fingerprint density at radius 2 is 2.14 bits per heavy atom. The molecule has 1 rings (SSSR count). The van der Waals surface area contributed by atoms with Gasteiger partial charge in [-0.05, 0) is 31.9 Å². The predicted molar refractivity (Wildman–Crippen MR) is 81.7 cm³/mol. The van der Waals surface area contributed by atoms with Crippen LogP contribution >= 0.6 is 0 Å². The molecule has 0 saturated heterocycles. The van der Waals surface area contributed by atoms with Gasteiger partial charge in [-0.1, -0.05) is 18.2 Å². The lowest BCUT2D eigenvalue weighted by molar-refractivity contribution is -0.117. The van der Waals surface area contributed by atoms with Crippen molar-refractivity contribution in [1.82, 2.24) is 10.6 Å². The van der Waals surface area contributed by atoms with Gasteiger partial charge < -0.3 is 15.4 Å². The van der Waals surface area contributed by atoms with Crippen molar-refractivity contribution in [3.05, 3.63) is 41.6 Å². The summed E-state index contributed by atoms with van der Waals surface area (Å²) in [5.74, 6) is 0.471. The van der Waals surface area contributed by atoms with Crippen molar-refractivity contribution in [3.8, 4) is 11.8 Å². The molecule has 0 aromatic heterocycles. The van der Waals surface area contributed by atoms with E-state index in [1.807, 2.05) is 44.2 Å². The third-order valence-electron chi connectivity index (χ3n) is 2.76. The molecule has 0 bridgehead atoms. The van der Waals surface area contributed by atoms with Crippen LogP contribution in [0.15, 0.2) is 36.0 Å². The van der Waals surface area contributed by atoms with Gasteiger partial charge in [-0.15, -0.1) is 0 Å². The van der Waals surface area contributed by atoms with Crippen molar-refractivity contribution >= 4 is 5.91 Å². The fourth-order valence-electron chi connectivity index (χ4n) is 1.78. The van der Waals surface area contributed by atoms with E-state index in [4.69, 9.17) is 10.00 Å². The Labute approximate surface area is 125 Å². The van der Waals surface area contributed by atoms with E-state index in [0.717, 1.165) is 17.7 Å². The van der Waals surface area contributed by atoms with E-state index in [1.54, 1.807) is 7.11 Å². The fraction of sp³-hybridized carbons (Fsp3) is 0.375. The molecule has 21 heavy (non-hydrogen) atoms. The minimum absolute atomic E-state index is 0.00262. The molecule has 0 fully saturated rings. The number of hydrogen-bond acceptors (Lipinski definition) is 4. The first kappa shape index (κ1) is 16.6. The first-order valence-corrected chi connectivity index (χ1v) is 6.85. The Morgan fingerprint density at radius 1 is 1.43 bits per heavy atom. The summed E-state index contributed by atoms with van der Waals surface area (Å²) in [4.78, 5) is 11.7. The second-order valence-corrected chi connectivity index (χ2v) is 4.81. The van der Waals surface area contributed by atoms with Gasteiger partial charge in [0.25, 0.3) is 5.91 Å². The third kappa shape index (κ3) is 5.57. The van der Waals surface area contributed by atoms with Gasteiger partial charge in [-0.3, -0.25) is 4.79 Å². The van der Waals surface area contributed by atoms with Crippen molar-refractivity contribution < 1.29 is 9.53 Å². The number of nitrogens with zero attached hydrogens (tertiary/aromatic N) is 1. The topological polar surface area (TPSA) is 74.1 Å². The molecule has 1 amide bonds. The van der Waals surface area contributed by atoms with Crippen molar-refractivity contribution in [2.45, 2.75) is 26.3 Å². The molecule has 0 radical (unpaired) electrons. The highest BCUT2D eigenvalue weighted by Gasteiger charge is 2.09. The Hall–Kier alpha value is -2.48. The molecule has 0 aliphatic carbocycles. The molecular weight excluding hydrogens is 266 g/mol. The Kier molecular flexibility index (Phi) is 6.82. The van der Waals surface area contributed by atoms with Gasteiger partial charge >= 0.3 is 0 Å². The molecule has 2 N–H and O–H groups in total. The van der Waals surface area contributed by atoms with Crippen molar-refractivity contribution in [2.75, 3.05) is 13.7 Å². The molecule has 0 aliphatic heterocycles. The van der Waals surface area contributed by atoms with Gasteiger partial charge in [0, 0.05) is 18.8 Å². The lowest BCUT2D eigenvalue weighted by atomic mass is 10.1. The fourth-order valence-corrected chi connectivity index (χ4v) is 1.78. The monoisotopic (exact) mass is 287 g/mol. The minimum Gasteiger partial charge on any atom is -0.496 e. The minimum atomic E-state index is -0.364. The number of hydrogen-bond donors (Lipinski definition) is 2. The highest BCUT2D eigenvalue weighted by molar-refractivity contribution is 5.97. The van der Waals surface area contributed by atoms with Crippen LogP contribution in [0.1, 0.15) is 19.4 Å². The number of para-hydroxylation sites is 1. The van der Waals surface area contributed by atoms with Crippen LogP contribution in [0.2, 0.25) is 0 Å². The normalized spacial score (nSPS) is 10.9. The maximum atomic E-state index is 11.7. The van der Waals surface area contributed by atoms with Crippen LogP contribution in [0.4, 0.5) is 0 Å². The van der Waals surface area contributed by atoms with E-state index >= 15 is 0 Å². The second-order valence-electron chi connectivity index (χ2n) is 4.81. The highest BCUT2D eigenvalue weighted by Crippen LogP contribution is 2.17. The van der Waals surface area contributed by atoms with Crippen LogP contribution in [0.3, 0.4) is 0 Å². The number of ether oxygens (including phenoxy) is 1. The van der Waals surface area contributed by atoms with Crippen LogP contribution in [0.25, 0.3) is 0 Å². The second kappa shape index (κ2) is 8.64. The van der Waals surface area contributed by atoms with Gasteiger partial charge in [-0.2, -0.15) is 5.26 Å². The van der Waals surface area contributed by atoms with Crippen LogP contribution < -0.4 is 15.4 Å². The molecular formula is C16H21N3O2. The molecule has 5 heteroatoms. The maximum Gasteiger partial charge on any atom is 0.263 e. The summed E-state index contributed by atoms with van der Waals surface area (Å²) < 4.78 is 5.27. The predicted octanol–water partition coefficient (Wildman–Crippen LogP) is 1.76. The molecule has 0 aliphatic rings. The number of nitrogens with one attached hydrogen (secondary N) is 2.